The van der Waals surface area contributed by atoms with Crippen LogP contribution in [0, 0.1) is 0 Å². The zero-order valence-corrected chi connectivity index (χ0v) is 10.0. The molecule has 1 N–H and O–H groups in total. The molecule has 0 aliphatic rings. The molecule has 0 aliphatic heterocycles. The van der Waals surface area contributed by atoms with Crippen LogP contribution in [0.4, 0.5) is 5.82 Å². The van der Waals surface area contributed by atoms with E-state index in [1.54, 1.807) is 19.4 Å². The van der Waals surface area contributed by atoms with Gasteiger partial charge in [0.25, 0.3) is 5.56 Å². The summed E-state index contributed by atoms with van der Waals surface area (Å²) in [4.78, 5) is 15.5. The SMILES string of the molecule is Cn1ccnc(NCCCOCCCl)c1=O. The molecule has 0 radical (unpaired) electrons. The lowest BCUT2D eigenvalue weighted by atomic mass is 10.4. The average molecular weight is 246 g/mol. The Hall–Kier alpha value is -1.07. The summed E-state index contributed by atoms with van der Waals surface area (Å²) in [6, 6.07) is 0. The lowest BCUT2D eigenvalue weighted by Crippen LogP contribution is -2.22. The van der Waals surface area contributed by atoms with Gasteiger partial charge >= 0.3 is 0 Å². The lowest BCUT2D eigenvalue weighted by molar-refractivity contribution is 0.149. The van der Waals surface area contributed by atoms with Crippen molar-refractivity contribution >= 4 is 17.4 Å². The van der Waals surface area contributed by atoms with Gasteiger partial charge in [0.15, 0.2) is 5.82 Å². The van der Waals surface area contributed by atoms with Crippen LogP contribution in [0.3, 0.4) is 0 Å². The normalized spacial score (nSPS) is 10.4. The highest BCUT2D eigenvalue weighted by Gasteiger charge is 2.00. The highest BCUT2D eigenvalue weighted by molar-refractivity contribution is 6.17. The lowest BCUT2D eigenvalue weighted by Gasteiger charge is -2.06. The molecule has 0 aromatic carbocycles. The Morgan fingerprint density at radius 3 is 3.12 bits per heavy atom. The molecule has 16 heavy (non-hydrogen) atoms. The fraction of sp³-hybridized carbons (Fsp3) is 0.600. The molecule has 0 atom stereocenters. The van der Waals surface area contributed by atoms with Crippen molar-refractivity contribution in [3.05, 3.63) is 22.7 Å². The molecule has 0 aliphatic carbocycles. The predicted molar refractivity (Wildman–Crippen MR) is 64.1 cm³/mol. The van der Waals surface area contributed by atoms with Crippen molar-refractivity contribution in [3.63, 3.8) is 0 Å². The molecule has 1 aromatic heterocycles. The summed E-state index contributed by atoms with van der Waals surface area (Å²) in [6.45, 7) is 1.86. The van der Waals surface area contributed by atoms with Gasteiger partial charge in [-0.2, -0.15) is 0 Å². The number of hydrogen-bond acceptors (Lipinski definition) is 4. The van der Waals surface area contributed by atoms with E-state index in [1.807, 2.05) is 0 Å². The quantitative estimate of drug-likeness (QED) is 0.571. The molecule has 5 nitrogen and oxygen atoms in total. The number of nitrogens with zero attached hydrogens (tertiary/aromatic N) is 2. The molecule has 0 bridgehead atoms. The molecule has 6 heteroatoms. The smallest absolute Gasteiger partial charge is 0.293 e. The second-order valence-electron chi connectivity index (χ2n) is 3.27. The number of alkyl halides is 1. The zero-order chi connectivity index (χ0) is 11.8. The number of hydrogen-bond donors (Lipinski definition) is 1. The topological polar surface area (TPSA) is 56.1 Å². The number of rotatable bonds is 7. The van der Waals surface area contributed by atoms with Crippen LogP contribution in [0.15, 0.2) is 17.2 Å². The van der Waals surface area contributed by atoms with Gasteiger partial charge in [-0.05, 0) is 6.42 Å². The molecule has 90 valence electrons. The van der Waals surface area contributed by atoms with Crippen molar-refractivity contribution in [3.8, 4) is 0 Å². The summed E-state index contributed by atoms with van der Waals surface area (Å²) in [6.07, 6.45) is 4.03. The Morgan fingerprint density at radius 1 is 1.56 bits per heavy atom. The number of aromatic nitrogens is 2. The third-order valence-electron chi connectivity index (χ3n) is 2.00. The van der Waals surface area contributed by atoms with Crippen LogP contribution in [-0.2, 0) is 11.8 Å². The minimum absolute atomic E-state index is 0.121. The van der Waals surface area contributed by atoms with E-state index < -0.39 is 0 Å². The highest BCUT2D eigenvalue weighted by atomic mass is 35.5. The second-order valence-corrected chi connectivity index (χ2v) is 3.65. The molecule has 1 heterocycles. The van der Waals surface area contributed by atoms with E-state index >= 15 is 0 Å². The zero-order valence-electron chi connectivity index (χ0n) is 9.28. The fourth-order valence-electron chi connectivity index (χ4n) is 1.16. The van der Waals surface area contributed by atoms with Gasteiger partial charge in [-0.15, -0.1) is 11.6 Å². The molecule has 0 saturated carbocycles. The minimum atomic E-state index is -0.121. The predicted octanol–water partition coefficient (Wildman–Crippen LogP) is 0.838. The molecule has 1 rings (SSSR count). The maximum absolute atomic E-state index is 11.5. The Morgan fingerprint density at radius 2 is 2.38 bits per heavy atom. The van der Waals surface area contributed by atoms with Crippen molar-refractivity contribution in [2.75, 3.05) is 31.0 Å². The Bertz CT molecular complexity index is 367. The summed E-state index contributed by atoms with van der Waals surface area (Å²) in [7, 11) is 1.69. The van der Waals surface area contributed by atoms with E-state index in [0.717, 1.165) is 6.42 Å². The maximum atomic E-state index is 11.5. The van der Waals surface area contributed by atoms with Gasteiger partial charge in [-0.1, -0.05) is 0 Å². The highest BCUT2D eigenvalue weighted by Crippen LogP contribution is 1.92. The summed E-state index contributed by atoms with van der Waals surface area (Å²) >= 11 is 5.45. The van der Waals surface area contributed by atoms with Gasteiger partial charge in [-0.25, -0.2) is 4.98 Å². The summed E-state index contributed by atoms with van der Waals surface area (Å²) < 4.78 is 6.68. The molecular weight excluding hydrogens is 230 g/mol. The van der Waals surface area contributed by atoms with Crippen molar-refractivity contribution < 1.29 is 4.74 Å². The van der Waals surface area contributed by atoms with Gasteiger partial charge in [0.1, 0.15) is 0 Å². The van der Waals surface area contributed by atoms with E-state index in [9.17, 15) is 4.79 Å². The summed E-state index contributed by atoms with van der Waals surface area (Å²) in [5.74, 6) is 0.885. The Balaban J connectivity index is 2.27. The second kappa shape index (κ2) is 7.24. The van der Waals surface area contributed by atoms with E-state index in [2.05, 4.69) is 10.3 Å². The largest absolute Gasteiger partial charge is 0.380 e. The van der Waals surface area contributed by atoms with Gasteiger partial charge in [0.2, 0.25) is 0 Å². The minimum Gasteiger partial charge on any atom is -0.380 e. The molecule has 0 spiro atoms. The van der Waals surface area contributed by atoms with Gasteiger partial charge in [-0.3, -0.25) is 4.79 Å². The standard InChI is InChI=1S/C10H16ClN3O2/c1-14-6-5-13-9(10(14)15)12-4-2-7-16-8-3-11/h5-6H,2-4,7-8H2,1H3,(H,12,13). The van der Waals surface area contributed by atoms with Crippen molar-refractivity contribution in [1.29, 1.82) is 0 Å². The van der Waals surface area contributed by atoms with Gasteiger partial charge < -0.3 is 14.6 Å². The number of nitrogens with one attached hydrogen (secondary N) is 1. The number of halogens is 1. The molecule has 0 unspecified atom stereocenters. The number of aryl methyl sites for hydroxylation is 1. The molecule has 0 saturated heterocycles. The van der Waals surface area contributed by atoms with Crippen LogP contribution in [0.5, 0.6) is 0 Å². The number of ether oxygens (including phenoxy) is 1. The first-order valence-corrected chi connectivity index (χ1v) is 5.68. The first-order chi connectivity index (χ1) is 7.75. The van der Waals surface area contributed by atoms with Crippen LogP contribution in [-0.4, -0.2) is 35.2 Å². The van der Waals surface area contributed by atoms with Crippen molar-refractivity contribution in [2.24, 2.45) is 7.05 Å². The van der Waals surface area contributed by atoms with E-state index in [-0.39, 0.29) is 5.56 Å². The first-order valence-electron chi connectivity index (χ1n) is 5.15. The molecule has 0 fully saturated rings. The average Bonchev–Trinajstić information content (AvgIpc) is 2.29. The Labute approximate surface area is 99.4 Å². The summed E-state index contributed by atoms with van der Waals surface area (Å²) in [5.41, 5.74) is -0.121. The van der Waals surface area contributed by atoms with Gasteiger partial charge in [0.05, 0.1) is 6.61 Å². The summed E-state index contributed by atoms with van der Waals surface area (Å²) in [5, 5.41) is 2.97. The van der Waals surface area contributed by atoms with Crippen molar-refractivity contribution in [2.45, 2.75) is 6.42 Å². The maximum Gasteiger partial charge on any atom is 0.293 e. The van der Waals surface area contributed by atoms with E-state index in [1.165, 1.54) is 4.57 Å². The van der Waals surface area contributed by atoms with Crippen LogP contribution < -0.4 is 10.9 Å². The van der Waals surface area contributed by atoms with E-state index in [0.29, 0.717) is 31.5 Å². The number of anilines is 1. The van der Waals surface area contributed by atoms with Crippen LogP contribution in [0.25, 0.3) is 0 Å². The van der Waals surface area contributed by atoms with Crippen LogP contribution in [0.2, 0.25) is 0 Å². The molecule has 0 amide bonds. The fourth-order valence-corrected chi connectivity index (χ4v) is 1.27. The molecule has 1 aromatic rings. The van der Waals surface area contributed by atoms with Crippen LogP contribution in [0.1, 0.15) is 6.42 Å². The van der Waals surface area contributed by atoms with Crippen LogP contribution >= 0.6 is 11.6 Å². The molecular formula is C10H16ClN3O2. The third kappa shape index (κ3) is 4.20. The first kappa shape index (κ1) is 13.0. The third-order valence-corrected chi connectivity index (χ3v) is 2.15. The van der Waals surface area contributed by atoms with E-state index in [4.69, 9.17) is 16.3 Å². The van der Waals surface area contributed by atoms with Gasteiger partial charge in [0, 0.05) is 38.5 Å². The monoisotopic (exact) mass is 245 g/mol. The van der Waals surface area contributed by atoms with Crippen molar-refractivity contribution in [1.82, 2.24) is 9.55 Å². The Kier molecular flexibility index (Phi) is 5.88.